The Hall–Kier alpha value is -3.02. The van der Waals surface area contributed by atoms with E-state index in [9.17, 15) is 9.59 Å². The zero-order valence-electron chi connectivity index (χ0n) is 15.4. The second-order valence-electron chi connectivity index (χ2n) is 7.12. The number of carboxylic acid groups (broad SMARTS) is 2. The Morgan fingerprint density at radius 3 is 1.25 bits per heavy atom. The van der Waals surface area contributed by atoms with Gasteiger partial charge in [-0.3, -0.25) is 9.59 Å². The summed E-state index contributed by atoms with van der Waals surface area (Å²) in [5.41, 5.74) is 0. The van der Waals surface area contributed by atoms with Crippen LogP contribution in [-0.2, 0) is 9.59 Å². The van der Waals surface area contributed by atoms with Gasteiger partial charge in [0.2, 0.25) is 0 Å². The van der Waals surface area contributed by atoms with Crippen molar-refractivity contribution in [3.05, 3.63) is 60.7 Å². The summed E-state index contributed by atoms with van der Waals surface area (Å²) in [5, 5.41) is 17.3. The lowest BCUT2D eigenvalue weighted by molar-refractivity contribution is -0.148. The molecule has 2 fully saturated rings. The highest BCUT2D eigenvalue weighted by atomic mass is 16.5. The van der Waals surface area contributed by atoms with Gasteiger partial charge in [0.15, 0.2) is 0 Å². The van der Waals surface area contributed by atoms with Crippen LogP contribution >= 0.6 is 0 Å². The smallest absolute Gasteiger partial charge is 0.306 e. The van der Waals surface area contributed by atoms with E-state index in [1.165, 1.54) is 0 Å². The van der Waals surface area contributed by atoms with Gasteiger partial charge in [0.25, 0.3) is 0 Å². The molecule has 0 bridgehead atoms. The third-order valence-corrected chi connectivity index (χ3v) is 4.98. The highest BCUT2D eigenvalue weighted by molar-refractivity contribution is 5.71. The van der Waals surface area contributed by atoms with E-state index in [4.69, 9.17) is 19.7 Å². The van der Waals surface area contributed by atoms with Crippen LogP contribution < -0.4 is 9.47 Å². The minimum absolute atomic E-state index is 0.0819. The first-order chi connectivity index (χ1) is 13.5. The fourth-order valence-electron chi connectivity index (χ4n) is 3.11. The Morgan fingerprint density at radius 2 is 0.964 bits per heavy atom. The first-order valence-corrected chi connectivity index (χ1v) is 9.40. The molecular weight excluding hydrogens is 360 g/mol. The molecule has 0 unspecified atom stereocenters. The van der Waals surface area contributed by atoms with Crippen molar-refractivity contribution in [1.82, 2.24) is 0 Å². The maximum atomic E-state index is 10.5. The number of ether oxygens (including phenoxy) is 2. The average Bonchev–Trinajstić information content (AvgIpc) is 2.62. The van der Waals surface area contributed by atoms with Crippen molar-refractivity contribution in [3.63, 3.8) is 0 Å². The summed E-state index contributed by atoms with van der Waals surface area (Å²) in [4.78, 5) is 21.0. The highest BCUT2D eigenvalue weighted by Gasteiger charge is 2.36. The molecule has 2 aliphatic carbocycles. The zero-order valence-corrected chi connectivity index (χ0v) is 15.4. The molecule has 2 aliphatic rings. The summed E-state index contributed by atoms with van der Waals surface area (Å²) < 4.78 is 11.1. The number of para-hydroxylation sites is 2. The van der Waals surface area contributed by atoms with Crippen LogP contribution in [0.1, 0.15) is 25.7 Å². The molecule has 0 atom stereocenters. The van der Waals surface area contributed by atoms with Gasteiger partial charge in [0.1, 0.15) is 23.7 Å². The monoisotopic (exact) mass is 384 g/mol. The summed E-state index contributed by atoms with van der Waals surface area (Å²) in [6.07, 6.45) is 2.68. The standard InChI is InChI=1S/2C11H12O3/c2*12-11(13)8-6-10(7-8)14-9-4-2-1-3-5-9/h2*1-5,8,10H,6-7H2,(H,12,13). The Morgan fingerprint density at radius 1 is 0.643 bits per heavy atom. The van der Waals surface area contributed by atoms with Gasteiger partial charge in [0, 0.05) is 0 Å². The molecule has 0 saturated heterocycles. The van der Waals surface area contributed by atoms with Crippen LogP contribution in [0, 0.1) is 11.8 Å². The SMILES string of the molecule is O=C(O)C1CC(Oc2ccccc2)C1.O=C(O)C1CC(Oc2ccccc2)C1. The van der Waals surface area contributed by atoms with Crippen molar-refractivity contribution < 1.29 is 29.3 Å². The third kappa shape index (κ3) is 5.49. The highest BCUT2D eigenvalue weighted by Crippen LogP contribution is 2.32. The second-order valence-corrected chi connectivity index (χ2v) is 7.12. The Labute approximate surface area is 163 Å². The van der Waals surface area contributed by atoms with E-state index in [0.29, 0.717) is 25.7 Å². The molecule has 28 heavy (non-hydrogen) atoms. The van der Waals surface area contributed by atoms with E-state index >= 15 is 0 Å². The summed E-state index contributed by atoms with van der Waals surface area (Å²) in [7, 11) is 0. The minimum Gasteiger partial charge on any atom is -0.490 e. The van der Waals surface area contributed by atoms with E-state index in [0.717, 1.165) is 11.5 Å². The predicted molar refractivity (Wildman–Crippen MR) is 102 cm³/mol. The Bertz CT molecular complexity index is 697. The number of rotatable bonds is 6. The molecule has 0 heterocycles. The molecule has 2 saturated carbocycles. The molecular formula is C22H24O6. The van der Waals surface area contributed by atoms with Crippen molar-refractivity contribution >= 4 is 11.9 Å². The molecule has 6 heteroatoms. The fraction of sp³-hybridized carbons (Fsp3) is 0.364. The van der Waals surface area contributed by atoms with Gasteiger partial charge in [-0.1, -0.05) is 36.4 Å². The minimum atomic E-state index is -0.710. The van der Waals surface area contributed by atoms with Crippen LogP contribution in [0.25, 0.3) is 0 Å². The molecule has 2 N–H and O–H groups in total. The molecule has 4 rings (SSSR count). The van der Waals surface area contributed by atoms with Gasteiger partial charge in [0.05, 0.1) is 11.8 Å². The van der Waals surface area contributed by atoms with Gasteiger partial charge in [-0.25, -0.2) is 0 Å². The molecule has 2 aromatic rings. The van der Waals surface area contributed by atoms with Crippen molar-refractivity contribution in [1.29, 1.82) is 0 Å². The number of carbonyl (C=O) groups is 2. The van der Waals surface area contributed by atoms with Crippen molar-refractivity contribution in [2.45, 2.75) is 37.9 Å². The molecule has 0 amide bonds. The first-order valence-electron chi connectivity index (χ1n) is 9.40. The first kappa shape index (κ1) is 19.7. The predicted octanol–water partition coefficient (Wildman–Crippen LogP) is 3.86. The normalized spacial score (nSPS) is 25.1. The fourth-order valence-corrected chi connectivity index (χ4v) is 3.11. The van der Waals surface area contributed by atoms with Crippen LogP contribution in [0.5, 0.6) is 11.5 Å². The number of aliphatic carboxylic acids is 2. The lowest BCUT2D eigenvalue weighted by atomic mass is 9.82. The van der Waals surface area contributed by atoms with Gasteiger partial charge >= 0.3 is 11.9 Å². The van der Waals surface area contributed by atoms with Crippen LogP contribution in [0.2, 0.25) is 0 Å². The van der Waals surface area contributed by atoms with Crippen molar-refractivity contribution in [2.75, 3.05) is 0 Å². The van der Waals surface area contributed by atoms with Crippen LogP contribution in [0.4, 0.5) is 0 Å². The third-order valence-electron chi connectivity index (χ3n) is 4.98. The van der Waals surface area contributed by atoms with Gasteiger partial charge in [-0.2, -0.15) is 0 Å². The van der Waals surface area contributed by atoms with E-state index in [1.807, 2.05) is 60.7 Å². The zero-order chi connectivity index (χ0) is 19.9. The Kier molecular flexibility index (Phi) is 6.53. The van der Waals surface area contributed by atoms with E-state index in [2.05, 4.69) is 0 Å². The quantitative estimate of drug-likeness (QED) is 0.786. The lowest BCUT2D eigenvalue weighted by Crippen LogP contribution is -2.38. The summed E-state index contributed by atoms with van der Waals surface area (Å²) in [6.45, 7) is 0. The molecule has 2 aromatic carbocycles. The van der Waals surface area contributed by atoms with Gasteiger partial charge < -0.3 is 19.7 Å². The largest absolute Gasteiger partial charge is 0.490 e. The lowest BCUT2D eigenvalue weighted by Gasteiger charge is -2.32. The van der Waals surface area contributed by atoms with Crippen LogP contribution in [0.3, 0.4) is 0 Å². The van der Waals surface area contributed by atoms with Gasteiger partial charge in [-0.05, 0) is 49.9 Å². The molecule has 0 aromatic heterocycles. The van der Waals surface area contributed by atoms with E-state index in [1.54, 1.807) is 0 Å². The van der Waals surface area contributed by atoms with E-state index in [-0.39, 0.29) is 24.0 Å². The topological polar surface area (TPSA) is 93.1 Å². The van der Waals surface area contributed by atoms with Crippen molar-refractivity contribution in [2.24, 2.45) is 11.8 Å². The molecule has 0 aliphatic heterocycles. The number of carboxylic acids is 2. The number of hydrogen-bond acceptors (Lipinski definition) is 4. The average molecular weight is 384 g/mol. The molecule has 0 spiro atoms. The summed E-state index contributed by atoms with van der Waals surface area (Å²) in [6, 6.07) is 19.0. The number of hydrogen-bond donors (Lipinski definition) is 2. The maximum Gasteiger partial charge on any atom is 0.306 e. The number of benzene rings is 2. The van der Waals surface area contributed by atoms with E-state index < -0.39 is 11.9 Å². The van der Waals surface area contributed by atoms with Gasteiger partial charge in [-0.15, -0.1) is 0 Å². The maximum absolute atomic E-state index is 10.5. The molecule has 148 valence electrons. The van der Waals surface area contributed by atoms with Crippen molar-refractivity contribution in [3.8, 4) is 11.5 Å². The Balaban J connectivity index is 0.000000161. The van der Waals surface area contributed by atoms with Crippen LogP contribution in [-0.4, -0.2) is 34.4 Å². The summed E-state index contributed by atoms with van der Waals surface area (Å²) in [5.74, 6) is -0.189. The molecule has 6 nitrogen and oxygen atoms in total. The van der Waals surface area contributed by atoms with Crippen LogP contribution in [0.15, 0.2) is 60.7 Å². The second kappa shape index (κ2) is 9.26. The molecule has 0 radical (unpaired) electrons. The summed E-state index contributed by atoms with van der Waals surface area (Å²) >= 11 is 0.